The standard InChI is InChI=1S/C18H14ClN5O3/c1-26-17-9-5-2-6-13(17)15-10-12(27-20-15)11-23-18(25)24(22-21-23)16-8-4-3-7-14(16)19/h2-10H,11H2,1H3. The summed E-state index contributed by atoms with van der Waals surface area (Å²) in [5.74, 6) is 1.14. The Kier molecular flexibility index (Phi) is 4.47. The van der Waals surface area contributed by atoms with Gasteiger partial charge in [0.05, 0.1) is 17.8 Å². The minimum absolute atomic E-state index is 0.0887. The molecule has 2 aromatic heterocycles. The molecule has 27 heavy (non-hydrogen) atoms. The topological polar surface area (TPSA) is 88.0 Å². The minimum Gasteiger partial charge on any atom is -0.496 e. The van der Waals surface area contributed by atoms with Crippen molar-refractivity contribution in [3.63, 3.8) is 0 Å². The van der Waals surface area contributed by atoms with Gasteiger partial charge in [0, 0.05) is 11.6 Å². The van der Waals surface area contributed by atoms with E-state index < -0.39 is 5.69 Å². The molecular formula is C18H14ClN5O3. The Bertz CT molecular complexity index is 1150. The molecule has 8 nitrogen and oxygen atoms in total. The van der Waals surface area contributed by atoms with Crippen LogP contribution in [0, 0.1) is 0 Å². The van der Waals surface area contributed by atoms with E-state index in [-0.39, 0.29) is 6.54 Å². The van der Waals surface area contributed by atoms with E-state index in [9.17, 15) is 4.79 Å². The van der Waals surface area contributed by atoms with Crippen LogP contribution in [0.4, 0.5) is 0 Å². The summed E-state index contributed by atoms with van der Waals surface area (Å²) in [6, 6.07) is 16.1. The number of rotatable bonds is 5. The second-order valence-electron chi connectivity index (χ2n) is 5.66. The molecule has 9 heteroatoms. The molecule has 136 valence electrons. The van der Waals surface area contributed by atoms with Crippen molar-refractivity contribution in [2.24, 2.45) is 0 Å². The van der Waals surface area contributed by atoms with Gasteiger partial charge in [0.25, 0.3) is 0 Å². The summed E-state index contributed by atoms with van der Waals surface area (Å²) in [6.07, 6.45) is 0. The smallest absolute Gasteiger partial charge is 0.368 e. The zero-order valence-electron chi connectivity index (χ0n) is 14.2. The van der Waals surface area contributed by atoms with Crippen LogP contribution in [-0.4, -0.2) is 32.1 Å². The fourth-order valence-electron chi connectivity index (χ4n) is 2.67. The molecule has 0 N–H and O–H groups in total. The summed E-state index contributed by atoms with van der Waals surface area (Å²) in [5.41, 5.74) is 1.43. The van der Waals surface area contributed by atoms with Gasteiger partial charge in [-0.2, -0.15) is 9.36 Å². The van der Waals surface area contributed by atoms with Crippen LogP contribution in [0.5, 0.6) is 5.75 Å². The molecule has 4 aromatic rings. The zero-order chi connectivity index (χ0) is 18.8. The van der Waals surface area contributed by atoms with E-state index in [1.165, 1.54) is 4.68 Å². The number of hydrogen-bond acceptors (Lipinski definition) is 6. The molecule has 0 saturated carbocycles. The van der Waals surface area contributed by atoms with Gasteiger partial charge in [-0.05, 0) is 34.7 Å². The monoisotopic (exact) mass is 383 g/mol. The quantitative estimate of drug-likeness (QED) is 0.526. The number of aromatic nitrogens is 5. The molecule has 0 unspecified atom stereocenters. The lowest BCUT2D eigenvalue weighted by atomic mass is 10.1. The zero-order valence-corrected chi connectivity index (χ0v) is 15.0. The summed E-state index contributed by atoms with van der Waals surface area (Å²) < 4.78 is 13.0. The van der Waals surface area contributed by atoms with Gasteiger partial charge < -0.3 is 9.26 Å². The van der Waals surface area contributed by atoms with Gasteiger partial charge in [0.1, 0.15) is 18.0 Å². The lowest BCUT2D eigenvalue weighted by molar-refractivity contribution is 0.369. The van der Waals surface area contributed by atoms with Gasteiger partial charge in [-0.3, -0.25) is 0 Å². The molecule has 4 rings (SSSR count). The highest BCUT2D eigenvalue weighted by Gasteiger charge is 2.15. The predicted molar refractivity (Wildman–Crippen MR) is 98.2 cm³/mol. The lowest BCUT2D eigenvalue weighted by Gasteiger charge is -2.03. The van der Waals surface area contributed by atoms with Crippen LogP contribution in [0.25, 0.3) is 16.9 Å². The Morgan fingerprint density at radius 1 is 1.11 bits per heavy atom. The van der Waals surface area contributed by atoms with Gasteiger partial charge in [-0.25, -0.2) is 4.79 Å². The third-order valence-electron chi connectivity index (χ3n) is 3.97. The summed E-state index contributed by atoms with van der Waals surface area (Å²) in [5, 5.41) is 12.2. The first-order chi connectivity index (χ1) is 13.2. The molecule has 0 aliphatic rings. The second-order valence-corrected chi connectivity index (χ2v) is 6.07. The molecule has 0 amide bonds. The molecular weight excluding hydrogens is 370 g/mol. The number of benzene rings is 2. The molecule has 0 aliphatic carbocycles. The summed E-state index contributed by atoms with van der Waals surface area (Å²) >= 11 is 6.12. The number of ether oxygens (including phenoxy) is 1. The molecule has 0 bridgehead atoms. The lowest BCUT2D eigenvalue weighted by Crippen LogP contribution is -2.24. The van der Waals surface area contributed by atoms with E-state index in [1.807, 2.05) is 24.3 Å². The van der Waals surface area contributed by atoms with Crippen molar-refractivity contribution in [2.75, 3.05) is 7.11 Å². The number of tetrazole rings is 1. The molecule has 0 atom stereocenters. The highest BCUT2D eigenvalue weighted by molar-refractivity contribution is 6.32. The number of para-hydroxylation sites is 2. The van der Waals surface area contributed by atoms with E-state index in [4.69, 9.17) is 20.9 Å². The van der Waals surface area contributed by atoms with Crippen molar-refractivity contribution in [3.8, 4) is 22.7 Å². The number of nitrogens with zero attached hydrogens (tertiary/aromatic N) is 5. The van der Waals surface area contributed by atoms with Gasteiger partial charge >= 0.3 is 5.69 Å². The summed E-state index contributed by atoms with van der Waals surface area (Å²) in [4.78, 5) is 12.6. The Morgan fingerprint density at radius 2 is 1.89 bits per heavy atom. The average molecular weight is 384 g/mol. The SMILES string of the molecule is COc1ccccc1-c1cc(Cn2nnn(-c3ccccc3Cl)c2=O)on1. The predicted octanol–water partition coefficient (Wildman–Crippen LogP) is 2.79. The summed E-state index contributed by atoms with van der Waals surface area (Å²) in [6.45, 7) is 0.0887. The van der Waals surface area contributed by atoms with Crippen LogP contribution in [0.2, 0.25) is 5.02 Å². The highest BCUT2D eigenvalue weighted by Crippen LogP contribution is 2.29. The van der Waals surface area contributed by atoms with Gasteiger partial charge in [-0.15, -0.1) is 0 Å². The van der Waals surface area contributed by atoms with Crippen LogP contribution in [-0.2, 0) is 6.54 Å². The Labute approximate surface area is 158 Å². The van der Waals surface area contributed by atoms with Crippen LogP contribution in [0.15, 0.2) is 63.9 Å². The van der Waals surface area contributed by atoms with Gasteiger partial charge in [-0.1, -0.05) is 41.0 Å². The third-order valence-corrected chi connectivity index (χ3v) is 4.29. The first-order valence-electron chi connectivity index (χ1n) is 8.04. The van der Waals surface area contributed by atoms with Gasteiger partial charge in [0.15, 0.2) is 5.76 Å². The van der Waals surface area contributed by atoms with Crippen molar-refractivity contribution in [2.45, 2.75) is 6.54 Å². The van der Waals surface area contributed by atoms with Crippen molar-refractivity contribution < 1.29 is 9.26 Å². The van der Waals surface area contributed by atoms with Crippen LogP contribution in [0.3, 0.4) is 0 Å². The molecule has 2 aromatic carbocycles. The van der Waals surface area contributed by atoms with Crippen LogP contribution < -0.4 is 10.4 Å². The number of methoxy groups -OCH3 is 1. The number of hydrogen-bond donors (Lipinski definition) is 0. The maximum atomic E-state index is 12.6. The molecule has 0 radical (unpaired) electrons. The van der Waals surface area contributed by atoms with Crippen molar-refractivity contribution >= 4 is 11.6 Å². The first kappa shape index (κ1) is 17.0. The fourth-order valence-corrected chi connectivity index (χ4v) is 2.88. The van der Waals surface area contributed by atoms with E-state index in [0.29, 0.717) is 27.9 Å². The van der Waals surface area contributed by atoms with E-state index in [2.05, 4.69) is 15.6 Å². The average Bonchev–Trinajstić information content (AvgIpc) is 3.30. The number of halogens is 1. The molecule has 2 heterocycles. The second kappa shape index (κ2) is 7.08. The largest absolute Gasteiger partial charge is 0.496 e. The maximum Gasteiger partial charge on any atom is 0.368 e. The van der Waals surface area contributed by atoms with Gasteiger partial charge in [0.2, 0.25) is 0 Å². The van der Waals surface area contributed by atoms with Crippen LogP contribution in [0.1, 0.15) is 5.76 Å². The molecule has 0 aliphatic heterocycles. The Hall–Kier alpha value is -3.39. The minimum atomic E-state index is -0.432. The maximum absolute atomic E-state index is 12.6. The highest BCUT2D eigenvalue weighted by atomic mass is 35.5. The molecule has 0 saturated heterocycles. The fraction of sp³-hybridized carbons (Fsp3) is 0.111. The van der Waals surface area contributed by atoms with E-state index in [0.717, 1.165) is 10.2 Å². The van der Waals surface area contributed by atoms with Crippen molar-refractivity contribution in [1.29, 1.82) is 0 Å². The van der Waals surface area contributed by atoms with Crippen molar-refractivity contribution in [3.05, 3.63) is 75.9 Å². The van der Waals surface area contributed by atoms with E-state index >= 15 is 0 Å². The van der Waals surface area contributed by atoms with E-state index in [1.54, 1.807) is 37.4 Å². The third kappa shape index (κ3) is 3.22. The van der Waals surface area contributed by atoms with Crippen molar-refractivity contribution in [1.82, 2.24) is 24.9 Å². The Morgan fingerprint density at radius 3 is 2.70 bits per heavy atom. The molecule has 0 spiro atoms. The van der Waals surface area contributed by atoms with Crippen LogP contribution >= 0.6 is 11.6 Å². The summed E-state index contributed by atoms with van der Waals surface area (Å²) in [7, 11) is 1.59. The Balaban J connectivity index is 1.62. The first-order valence-corrected chi connectivity index (χ1v) is 8.42. The molecule has 0 fully saturated rings. The normalized spacial score (nSPS) is 10.9.